The monoisotopic (exact) mass is 660 g/mol. The van der Waals surface area contributed by atoms with Crippen LogP contribution in [0.15, 0.2) is 69.0 Å². The van der Waals surface area contributed by atoms with Gasteiger partial charge in [0.1, 0.15) is 10.2 Å². The molecule has 37 heavy (non-hydrogen) atoms. The Labute approximate surface area is 233 Å². The SMILES string of the molecule is CN(Cc1c[nH]c(Br)c1)C(=O)O.CN(Cc1cc(Br)n(S(=O)(=O)c2ccccc2)c1)C(=O)OC(C)(C)C. The molecule has 13 heteroatoms. The van der Waals surface area contributed by atoms with Gasteiger partial charge in [-0.3, -0.25) is 0 Å². The molecule has 0 aliphatic rings. The molecule has 3 aromatic rings. The number of halogens is 2. The van der Waals surface area contributed by atoms with E-state index in [1.807, 2.05) is 6.07 Å². The summed E-state index contributed by atoms with van der Waals surface area (Å²) in [6.07, 6.45) is 1.87. The molecule has 0 saturated heterocycles. The van der Waals surface area contributed by atoms with Gasteiger partial charge in [-0.15, -0.1) is 0 Å². The van der Waals surface area contributed by atoms with Crippen LogP contribution >= 0.6 is 31.9 Å². The summed E-state index contributed by atoms with van der Waals surface area (Å²) in [6.45, 7) is 6.00. The van der Waals surface area contributed by atoms with Crippen molar-refractivity contribution in [3.63, 3.8) is 0 Å². The maximum Gasteiger partial charge on any atom is 0.410 e. The van der Waals surface area contributed by atoms with E-state index in [1.54, 1.807) is 58.3 Å². The van der Waals surface area contributed by atoms with Crippen molar-refractivity contribution in [1.29, 1.82) is 0 Å². The van der Waals surface area contributed by atoms with Crippen molar-refractivity contribution in [3.8, 4) is 0 Å². The van der Waals surface area contributed by atoms with Gasteiger partial charge in [0.25, 0.3) is 10.0 Å². The highest BCUT2D eigenvalue weighted by Gasteiger charge is 2.23. The zero-order valence-corrected chi connectivity index (χ0v) is 25.1. The third kappa shape index (κ3) is 9.24. The molecule has 0 spiro atoms. The van der Waals surface area contributed by atoms with Crippen molar-refractivity contribution >= 4 is 54.1 Å². The molecule has 0 saturated carbocycles. The predicted octanol–water partition coefficient (Wildman–Crippen LogP) is 5.74. The van der Waals surface area contributed by atoms with Crippen molar-refractivity contribution < 1.29 is 27.9 Å². The molecule has 0 unspecified atom stereocenters. The molecule has 2 N–H and O–H groups in total. The molecule has 0 aliphatic heterocycles. The number of carbonyl (C=O) groups excluding carboxylic acids is 1. The number of aromatic amines is 1. The Morgan fingerprint density at radius 3 is 2.14 bits per heavy atom. The van der Waals surface area contributed by atoms with E-state index in [-0.39, 0.29) is 11.4 Å². The summed E-state index contributed by atoms with van der Waals surface area (Å²) < 4.78 is 33.1. The van der Waals surface area contributed by atoms with Gasteiger partial charge in [-0.1, -0.05) is 18.2 Å². The number of H-pyrrole nitrogens is 1. The highest BCUT2D eigenvalue weighted by atomic mass is 79.9. The summed E-state index contributed by atoms with van der Waals surface area (Å²) in [5.74, 6) is 0. The molecular formula is C24H30Br2N4O6S. The van der Waals surface area contributed by atoms with Crippen LogP contribution in [0.25, 0.3) is 0 Å². The Morgan fingerprint density at radius 1 is 1.03 bits per heavy atom. The second-order valence-corrected chi connectivity index (χ2v) is 12.6. The van der Waals surface area contributed by atoms with Crippen LogP contribution in [0.2, 0.25) is 0 Å². The topological polar surface area (TPSA) is 125 Å². The molecule has 2 amide bonds. The van der Waals surface area contributed by atoms with E-state index in [9.17, 15) is 18.0 Å². The molecular weight excluding hydrogens is 632 g/mol. The van der Waals surface area contributed by atoms with Crippen LogP contribution in [0.5, 0.6) is 0 Å². The summed E-state index contributed by atoms with van der Waals surface area (Å²) in [5, 5.41) is 8.55. The average Bonchev–Trinajstić information content (AvgIpc) is 3.38. The summed E-state index contributed by atoms with van der Waals surface area (Å²) in [4.78, 5) is 28.2. The Hall–Kier alpha value is -2.77. The largest absolute Gasteiger partial charge is 0.465 e. The normalized spacial score (nSPS) is 11.3. The number of carboxylic acid groups (broad SMARTS) is 1. The van der Waals surface area contributed by atoms with E-state index in [4.69, 9.17) is 9.84 Å². The van der Waals surface area contributed by atoms with E-state index >= 15 is 0 Å². The van der Waals surface area contributed by atoms with Crippen LogP contribution < -0.4 is 0 Å². The first kappa shape index (κ1) is 30.5. The molecule has 0 aliphatic carbocycles. The molecule has 202 valence electrons. The minimum absolute atomic E-state index is 0.193. The van der Waals surface area contributed by atoms with Crippen molar-refractivity contribution in [2.24, 2.45) is 0 Å². The number of aromatic nitrogens is 2. The van der Waals surface area contributed by atoms with Crippen LogP contribution in [0, 0.1) is 0 Å². The molecule has 0 bridgehead atoms. The van der Waals surface area contributed by atoms with Gasteiger partial charge in [0, 0.05) is 26.5 Å². The van der Waals surface area contributed by atoms with Gasteiger partial charge in [0.05, 0.1) is 22.6 Å². The zero-order valence-electron chi connectivity index (χ0n) is 21.1. The lowest BCUT2D eigenvalue weighted by Gasteiger charge is -2.24. The minimum atomic E-state index is -3.70. The van der Waals surface area contributed by atoms with Crippen LogP contribution in [-0.2, 0) is 27.8 Å². The average molecular weight is 662 g/mol. The standard InChI is InChI=1S/C17H21BrN2O4S.C7H9BrN2O2/c1-17(2,3)24-16(21)19(4)11-13-10-15(18)20(12-13)25(22,23)14-8-6-5-7-9-14;1-10(7(11)12)4-5-2-6(8)9-3-5/h5-10,12H,11H2,1-4H3;2-3,9H,4H2,1H3,(H,11,12). The van der Waals surface area contributed by atoms with Gasteiger partial charge in [-0.05, 0) is 88.0 Å². The van der Waals surface area contributed by atoms with Crippen molar-refractivity contribution in [3.05, 3.63) is 75.2 Å². The highest BCUT2D eigenvalue weighted by Crippen LogP contribution is 2.23. The number of benzene rings is 1. The first-order valence-corrected chi connectivity index (χ1v) is 14.0. The molecule has 1 aromatic carbocycles. The molecule has 2 aromatic heterocycles. The van der Waals surface area contributed by atoms with Gasteiger partial charge in [0.2, 0.25) is 0 Å². The quantitative estimate of drug-likeness (QED) is 0.347. The van der Waals surface area contributed by atoms with Gasteiger partial charge >= 0.3 is 12.2 Å². The predicted molar refractivity (Wildman–Crippen MR) is 147 cm³/mol. The fourth-order valence-corrected chi connectivity index (χ4v) is 5.62. The van der Waals surface area contributed by atoms with Crippen LogP contribution in [0.3, 0.4) is 0 Å². The molecule has 0 atom stereocenters. The number of hydrogen-bond donors (Lipinski definition) is 2. The van der Waals surface area contributed by atoms with E-state index in [1.165, 1.54) is 35.2 Å². The van der Waals surface area contributed by atoms with Crippen LogP contribution in [0.1, 0.15) is 31.9 Å². The first-order chi connectivity index (χ1) is 17.1. The van der Waals surface area contributed by atoms with Crippen molar-refractivity contribution in [2.45, 2.75) is 44.4 Å². The molecule has 0 radical (unpaired) electrons. The molecule has 2 heterocycles. The minimum Gasteiger partial charge on any atom is -0.465 e. The second kappa shape index (κ2) is 12.7. The van der Waals surface area contributed by atoms with E-state index in [0.717, 1.165) is 14.1 Å². The number of hydrogen-bond acceptors (Lipinski definition) is 5. The number of nitrogens with one attached hydrogen (secondary N) is 1. The molecule has 3 rings (SSSR count). The first-order valence-electron chi connectivity index (χ1n) is 11.0. The number of rotatable bonds is 6. The third-order valence-electron chi connectivity index (χ3n) is 4.68. The summed E-state index contributed by atoms with van der Waals surface area (Å²) in [5.41, 5.74) is 1.01. The summed E-state index contributed by atoms with van der Waals surface area (Å²) in [6, 6.07) is 11.7. The maximum absolute atomic E-state index is 12.7. The number of nitrogens with zero attached hydrogens (tertiary/aromatic N) is 3. The lowest BCUT2D eigenvalue weighted by atomic mass is 10.2. The van der Waals surface area contributed by atoms with Crippen molar-refractivity contribution in [1.82, 2.24) is 18.8 Å². The van der Waals surface area contributed by atoms with E-state index < -0.39 is 27.8 Å². The van der Waals surface area contributed by atoms with E-state index in [0.29, 0.717) is 16.7 Å². The summed E-state index contributed by atoms with van der Waals surface area (Å²) in [7, 11) is -0.565. The van der Waals surface area contributed by atoms with Crippen LogP contribution in [0.4, 0.5) is 9.59 Å². The summed E-state index contributed by atoms with van der Waals surface area (Å²) >= 11 is 6.51. The molecule has 10 nitrogen and oxygen atoms in total. The van der Waals surface area contributed by atoms with Gasteiger partial charge in [-0.25, -0.2) is 22.0 Å². The second-order valence-electron chi connectivity index (χ2n) is 9.12. The number of carbonyl (C=O) groups is 2. The fraction of sp³-hybridized carbons (Fsp3) is 0.333. The van der Waals surface area contributed by atoms with Gasteiger partial charge in [0.15, 0.2) is 0 Å². The number of amides is 2. The number of ether oxygens (including phenoxy) is 1. The molecule has 0 fully saturated rings. The van der Waals surface area contributed by atoms with Gasteiger partial charge < -0.3 is 24.6 Å². The Balaban J connectivity index is 0.000000335. The third-order valence-corrected chi connectivity index (χ3v) is 7.67. The van der Waals surface area contributed by atoms with Crippen molar-refractivity contribution in [2.75, 3.05) is 14.1 Å². The highest BCUT2D eigenvalue weighted by molar-refractivity contribution is 9.10. The van der Waals surface area contributed by atoms with E-state index in [2.05, 4.69) is 36.8 Å². The van der Waals surface area contributed by atoms with Crippen LogP contribution in [-0.4, -0.2) is 64.2 Å². The smallest absolute Gasteiger partial charge is 0.410 e. The zero-order chi connectivity index (χ0) is 28.0. The lowest BCUT2D eigenvalue weighted by Crippen LogP contribution is -2.33. The Morgan fingerprint density at radius 2 is 1.62 bits per heavy atom. The maximum atomic E-state index is 12.7. The Bertz CT molecular complexity index is 1320. The Kier molecular flexibility index (Phi) is 10.4. The lowest BCUT2D eigenvalue weighted by molar-refractivity contribution is 0.0285. The van der Waals surface area contributed by atoms with Gasteiger partial charge in [-0.2, -0.15) is 0 Å². The fourth-order valence-electron chi connectivity index (χ4n) is 2.96.